The molecule has 6 heteroatoms. The minimum Gasteiger partial charge on any atom is -0.489 e. The van der Waals surface area contributed by atoms with Crippen molar-refractivity contribution in [3.8, 4) is 5.75 Å². The van der Waals surface area contributed by atoms with E-state index in [0.717, 1.165) is 34.6 Å². The summed E-state index contributed by atoms with van der Waals surface area (Å²) >= 11 is 3.48. The minimum absolute atomic E-state index is 0.331. The highest BCUT2D eigenvalue weighted by atomic mass is 79.9. The number of rotatable bonds is 5. The zero-order chi connectivity index (χ0) is 13.8. The monoisotopic (exact) mass is 337 g/mol. The molecule has 0 amide bonds. The molecule has 0 saturated heterocycles. The average molecular weight is 338 g/mol. The molecule has 1 fully saturated rings. The Kier molecular flexibility index (Phi) is 4.20. The maximum absolute atomic E-state index is 6.02. The van der Waals surface area contributed by atoms with Crippen LogP contribution in [0.25, 0.3) is 0 Å². The van der Waals surface area contributed by atoms with Crippen molar-refractivity contribution < 1.29 is 9.15 Å². The van der Waals surface area contributed by atoms with Gasteiger partial charge in [-0.05, 0) is 41.6 Å². The van der Waals surface area contributed by atoms with Crippen LogP contribution in [0.3, 0.4) is 0 Å². The van der Waals surface area contributed by atoms with E-state index in [1.807, 2.05) is 6.07 Å². The van der Waals surface area contributed by atoms with Gasteiger partial charge in [0.25, 0.3) is 0 Å². The molecule has 1 N–H and O–H groups in total. The van der Waals surface area contributed by atoms with Crippen molar-refractivity contribution in [2.45, 2.75) is 38.3 Å². The van der Waals surface area contributed by atoms with Crippen LogP contribution in [0.2, 0.25) is 0 Å². The fourth-order valence-electron chi connectivity index (χ4n) is 2.30. The smallest absolute Gasteiger partial charge is 0.180 e. The molecule has 3 rings (SSSR count). The first kappa shape index (κ1) is 13.4. The number of anilines is 1. The molecule has 0 radical (unpaired) electrons. The summed E-state index contributed by atoms with van der Waals surface area (Å²) in [6.07, 6.45) is 9.90. The molecule has 1 saturated carbocycles. The minimum atomic E-state index is 0.331. The third kappa shape index (κ3) is 3.30. The third-order valence-corrected chi connectivity index (χ3v) is 3.95. The Balaban J connectivity index is 1.65. The SMILES string of the molecule is Brc1cnc(NCc2cocn2)cc1OC1CCCC1. The van der Waals surface area contributed by atoms with Gasteiger partial charge in [0, 0.05) is 12.3 Å². The molecule has 106 valence electrons. The number of ether oxygens (including phenoxy) is 1. The van der Waals surface area contributed by atoms with Gasteiger partial charge in [-0.1, -0.05) is 0 Å². The van der Waals surface area contributed by atoms with Gasteiger partial charge in [-0.25, -0.2) is 9.97 Å². The highest BCUT2D eigenvalue weighted by Crippen LogP contribution is 2.31. The lowest BCUT2D eigenvalue weighted by atomic mass is 10.3. The van der Waals surface area contributed by atoms with Crippen molar-refractivity contribution in [2.24, 2.45) is 0 Å². The summed E-state index contributed by atoms with van der Waals surface area (Å²) in [4.78, 5) is 8.37. The summed E-state index contributed by atoms with van der Waals surface area (Å²) in [7, 11) is 0. The van der Waals surface area contributed by atoms with E-state index < -0.39 is 0 Å². The van der Waals surface area contributed by atoms with E-state index in [1.165, 1.54) is 19.2 Å². The number of pyridine rings is 1. The summed E-state index contributed by atoms with van der Waals surface area (Å²) in [5.41, 5.74) is 0.841. The Morgan fingerprint density at radius 3 is 2.95 bits per heavy atom. The molecule has 1 aliphatic carbocycles. The lowest BCUT2D eigenvalue weighted by Crippen LogP contribution is -2.12. The van der Waals surface area contributed by atoms with Crippen LogP contribution in [0.1, 0.15) is 31.4 Å². The number of oxazole rings is 1. The number of aromatic nitrogens is 2. The standard InChI is InChI=1S/C14H16BrN3O2/c15-12-7-17-14(16-6-10-8-19-9-18-10)5-13(12)20-11-3-1-2-4-11/h5,7-9,11H,1-4,6H2,(H,16,17). The van der Waals surface area contributed by atoms with Crippen molar-refractivity contribution in [1.29, 1.82) is 0 Å². The Morgan fingerprint density at radius 2 is 2.20 bits per heavy atom. The maximum atomic E-state index is 6.02. The van der Waals surface area contributed by atoms with E-state index in [0.29, 0.717) is 12.6 Å². The Hall–Kier alpha value is -1.56. The largest absolute Gasteiger partial charge is 0.489 e. The quantitative estimate of drug-likeness (QED) is 0.899. The van der Waals surface area contributed by atoms with Gasteiger partial charge in [0.05, 0.1) is 22.8 Å². The van der Waals surface area contributed by atoms with Gasteiger partial charge < -0.3 is 14.5 Å². The zero-order valence-electron chi connectivity index (χ0n) is 11.0. The molecule has 0 unspecified atom stereocenters. The van der Waals surface area contributed by atoms with Crippen molar-refractivity contribution in [1.82, 2.24) is 9.97 Å². The molecule has 0 bridgehead atoms. The van der Waals surface area contributed by atoms with Gasteiger partial charge in [0.15, 0.2) is 6.39 Å². The molecule has 2 heterocycles. The highest BCUT2D eigenvalue weighted by molar-refractivity contribution is 9.10. The van der Waals surface area contributed by atoms with Crippen LogP contribution in [0.15, 0.2) is 33.8 Å². The van der Waals surface area contributed by atoms with Gasteiger partial charge in [0.2, 0.25) is 0 Å². The second-order valence-electron chi connectivity index (χ2n) is 4.86. The van der Waals surface area contributed by atoms with Crippen molar-refractivity contribution in [3.05, 3.63) is 35.1 Å². The molecule has 1 aliphatic rings. The fourth-order valence-corrected chi connectivity index (χ4v) is 2.61. The fraction of sp³-hybridized carbons (Fsp3) is 0.429. The van der Waals surface area contributed by atoms with Crippen LogP contribution >= 0.6 is 15.9 Å². The first-order chi connectivity index (χ1) is 9.81. The van der Waals surface area contributed by atoms with E-state index in [4.69, 9.17) is 9.15 Å². The van der Waals surface area contributed by atoms with Gasteiger partial charge in [-0.3, -0.25) is 0 Å². The first-order valence-corrected chi connectivity index (χ1v) is 7.54. The summed E-state index contributed by atoms with van der Waals surface area (Å²) < 4.78 is 11.8. The van der Waals surface area contributed by atoms with Gasteiger partial charge in [0.1, 0.15) is 17.8 Å². The van der Waals surface area contributed by atoms with E-state index >= 15 is 0 Å². The molecule has 2 aromatic rings. The predicted molar refractivity (Wildman–Crippen MR) is 78.7 cm³/mol. The van der Waals surface area contributed by atoms with Crippen LogP contribution < -0.4 is 10.1 Å². The summed E-state index contributed by atoms with van der Waals surface area (Å²) in [6, 6.07) is 1.92. The van der Waals surface area contributed by atoms with Gasteiger partial charge in [-0.2, -0.15) is 0 Å². The maximum Gasteiger partial charge on any atom is 0.180 e. The molecule has 2 aromatic heterocycles. The second kappa shape index (κ2) is 6.26. The summed E-state index contributed by atoms with van der Waals surface area (Å²) in [5, 5.41) is 3.21. The number of halogens is 1. The van der Waals surface area contributed by atoms with Crippen molar-refractivity contribution in [3.63, 3.8) is 0 Å². The molecule has 0 atom stereocenters. The van der Waals surface area contributed by atoms with E-state index in [-0.39, 0.29) is 0 Å². The van der Waals surface area contributed by atoms with Crippen molar-refractivity contribution >= 4 is 21.7 Å². The van der Waals surface area contributed by atoms with Crippen LogP contribution in [0.4, 0.5) is 5.82 Å². The number of nitrogens with one attached hydrogen (secondary N) is 1. The molecular weight excluding hydrogens is 322 g/mol. The van der Waals surface area contributed by atoms with Crippen LogP contribution in [-0.2, 0) is 6.54 Å². The molecular formula is C14H16BrN3O2. The highest BCUT2D eigenvalue weighted by Gasteiger charge is 2.18. The normalized spacial score (nSPS) is 15.4. The average Bonchev–Trinajstić information content (AvgIpc) is 3.12. The van der Waals surface area contributed by atoms with Crippen LogP contribution in [-0.4, -0.2) is 16.1 Å². The first-order valence-electron chi connectivity index (χ1n) is 6.74. The number of hydrogen-bond acceptors (Lipinski definition) is 5. The number of hydrogen-bond donors (Lipinski definition) is 1. The Morgan fingerprint density at radius 1 is 1.35 bits per heavy atom. The lowest BCUT2D eigenvalue weighted by molar-refractivity contribution is 0.208. The summed E-state index contributed by atoms with van der Waals surface area (Å²) in [6.45, 7) is 0.577. The molecule has 0 aliphatic heterocycles. The molecule has 0 spiro atoms. The van der Waals surface area contributed by atoms with Crippen LogP contribution in [0.5, 0.6) is 5.75 Å². The van der Waals surface area contributed by atoms with Crippen LogP contribution in [0, 0.1) is 0 Å². The molecule has 20 heavy (non-hydrogen) atoms. The Bertz CT molecular complexity index is 554. The topological polar surface area (TPSA) is 60.2 Å². The van der Waals surface area contributed by atoms with E-state index in [9.17, 15) is 0 Å². The van der Waals surface area contributed by atoms with Gasteiger partial charge >= 0.3 is 0 Å². The van der Waals surface area contributed by atoms with E-state index in [1.54, 1.807) is 12.5 Å². The molecule has 0 aromatic carbocycles. The van der Waals surface area contributed by atoms with Gasteiger partial charge in [-0.15, -0.1) is 0 Å². The number of nitrogens with zero attached hydrogens (tertiary/aromatic N) is 2. The third-order valence-electron chi connectivity index (χ3n) is 3.35. The molecule has 5 nitrogen and oxygen atoms in total. The zero-order valence-corrected chi connectivity index (χ0v) is 12.6. The summed E-state index contributed by atoms with van der Waals surface area (Å²) in [5.74, 6) is 1.61. The van der Waals surface area contributed by atoms with E-state index in [2.05, 4.69) is 31.2 Å². The predicted octanol–water partition coefficient (Wildman–Crippen LogP) is 3.77. The lowest BCUT2D eigenvalue weighted by Gasteiger charge is -2.15. The Labute approximate surface area is 125 Å². The van der Waals surface area contributed by atoms with Crippen molar-refractivity contribution in [2.75, 3.05) is 5.32 Å². The second-order valence-corrected chi connectivity index (χ2v) is 5.71.